The van der Waals surface area contributed by atoms with E-state index >= 15 is 0 Å². The summed E-state index contributed by atoms with van der Waals surface area (Å²) < 4.78 is 3.50. The van der Waals surface area contributed by atoms with Crippen LogP contribution in [0.2, 0.25) is 0 Å². The predicted molar refractivity (Wildman–Crippen MR) is 152 cm³/mol. The van der Waals surface area contributed by atoms with Crippen LogP contribution in [0, 0.1) is 11.3 Å². The van der Waals surface area contributed by atoms with Crippen LogP contribution in [0.1, 0.15) is 18.2 Å². The van der Waals surface area contributed by atoms with Gasteiger partial charge in [0.25, 0.3) is 0 Å². The van der Waals surface area contributed by atoms with Gasteiger partial charge in [0.2, 0.25) is 5.91 Å². The molecule has 0 N–H and O–H groups in total. The maximum atomic E-state index is 13.0. The normalized spacial score (nSPS) is 14.0. The van der Waals surface area contributed by atoms with Gasteiger partial charge < -0.3 is 9.80 Å². The Morgan fingerprint density at radius 1 is 0.950 bits per heavy atom. The van der Waals surface area contributed by atoms with Crippen molar-refractivity contribution in [3.05, 3.63) is 90.4 Å². The largest absolute Gasteiger partial charge is 0.353 e. The quantitative estimate of drug-likeness (QED) is 0.319. The van der Waals surface area contributed by atoms with Gasteiger partial charge in [-0.3, -0.25) is 14.5 Å². The molecule has 0 saturated carbocycles. The Kier molecular flexibility index (Phi) is 6.54. The first-order valence-electron chi connectivity index (χ1n) is 13.0. The Balaban J connectivity index is 1.21. The fourth-order valence-corrected chi connectivity index (χ4v) is 5.02. The monoisotopic (exact) mass is 529 g/mol. The Labute approximate surface area is 231 Å². The third kappa shape index (κ3) is 4.80. The number of rotatable bonds is 5. The number of hydrogen-bond acceptors (Lipinski definition) is 7. The van der Waals surface area contributed by atoms with E-state index in [4.69, 9.17) is 4.98 Å². The average molecular weight is 530 g/mol. The van der Waals surface area contributed by atoms with Crippen LogP contribution in [-0.2, 0) is 11.8 Å². The average Bonchev–Trinajstić information content (AvgIpc) is 3.63. The molecule has 0 aromatic carbocycles. The summed E-state index contributed by atoms with van der Waals surface area (Å²) in [7, 11) is 1.88. The Morgan fingerprint density at radius 3 is 2.48 bits per heavy atom. The van der Waals surface area contributed by atoms with Crippen molar-refractivity contribution >= 4 is 23.3 Å². The summed E-state index contributed by atoms with van der Waals surface area (Å²) in [6.07, 6.45) is 12.6. The molecule has 0 atom stereocenters. The minimum atomic E-state index is 0.0280. The first kappa shape index (κ1) is 25.0. The van der Waals surface area contributed by atoms with Crippen molar-refractivity contribution in [2.24, 2.45) is 7.05 Å². The van der Waals surface area contributed by atoms with E-state index in [1.807, 2.05) is 73.9 Å². The lowest BCUT2D eigenvalue weighted by Crippen LogP contribution is -2.49. The van der Waals surface area contributed by atoms with Gasteiger partial charge in [0, 0.05) is 85.8 Å². The van der Waals surface area contributed by atoms with Crippen molar-refractivity contribution in [3.63, 3.8) is 0 Å². The van der Waals surface area contributed by atoms with E-state index < -0.39 is 0 Å². The van der Waals surface area contributed by atoms with Crippen molar-refractivity contribution in [2.45, 2.75) is 6.92 Å². The molecule has 6 rings (SSSR count). The maximum Gasteiger partial charge on any atom is 0.249 e. The van der Waals surface area contributed by atoms with Gasteiger partial charge >= 0.3 is 0 Å². The molecule has 10 nitrogen and oxygen atoms in total. The fraction of sp³-hybridized carbons (Fsp3) is 0.200. The number of anilines is 1. The van der Waals surface area contributed by atoms with Gasteiger partial charge in [0.1, 0.15) is 11.9 Å². The highest BCUT2D eigenvalue weighted by atomic mass is 16.2. The van der Waals surface area contributed by atoms with Gasteiger partial charge in [-0.05, 0) is 43.3 Å². The molecule has 0 radical (unpaired) electrons. The van der Waals surface area contributed by atoms with Gasteiger partial charge in [-0.25, -0.2) is 9.50 Å². The van der Waals surface area contributed by atoms with Crippen LogP contribution in [0.3, 0.4) is 0 Å². The molecular weight excluding hydrogens is 502 g/mol. The minimum Gasteiger partial charge on any atom is -0.353 e. The minimum absolute atomic E-state index is 0.0280. The molecule has 0 aliphatic carbocycles. The van der Waals surface area contributed by atoms with E-state index in [9.17, 15) is 10.1 Å². The molecule has 5 aromatic heterocycles. The molecule has 198 valence electrons. The Bertz CT molecular complexity index is 1750. The van der Waals surface area contributed by atoms with E-state index in [0.717, 1.165) is 39.3 Å². The van der Waals surface area contributed by atoms with E-state index in [1.165, 1.54) is 0 Å². The van der Waals surface area contributed by atoms with Crippen LogP contribution in [0.15, 0.2) is 79.2 Å². The first-order chi connectivity index (χ1) is 19.5. The number of aromatic nitrogens is 6. The van der Waals surface area contributed by atoms with E-state index in [0.29, 0.717) is 37.3 Å². The molecule has 1 fully saturated rings. The second-order valence-electron chi connectivity index (χ2n) is 9.77. The highest BCUT2D eigenvalue weighted by molar-refractivity contribution is 5.97. The number of fused-ring (bicyclic) bond motifs is 1. The second kappa shape index (κ2) is 10.5. The summed E-state index contributed by atoms with van der Waals surface area (Å²) in [5, 5.41) is 18.4. The zero-order chi connectivity index (χ0) is 27.6. The molecule has 6 heterocycles. The maximum absolute atomic E-state index is 13.0. The summed E-state index contributed by atoms with van der Waals surface area (Å²) in [6.45, 7) is 4.45. The summed E-state index contributed by atoms with van der Waals surface area (Å²) in [6, 6.07) is 14.0. The van der Waals surface area contributed by atoms with Crippen LogP contribution >= 0.6 is 0 Å². The van der Waals surface area contributed by atoms with Crippen molar-refractivity contribution < 1.29 is 4.79 Å². The summed E-state index contributed by atoms with van der Waals surface area (Å²) in [5.41, 5.74) is 6.36. The molecule has 0 spiro atoms. The van der Waals surface area contributed by atoms with Crippen molar-refractivity contribution in [1.29, 1.82) is 5.26 Å². The Morgan fingerprint density at radius 2 is 1.80 bits per heavy atom. The zero-order valence-corrected chi connectivity index (χ0v) is 22.3. The second-order valence-corrected chi connectivity index (χ2v) is 9.77. The number of carbonyl (C=O) groups excluding carboxylic acids is 1. The van der Waals surface area contributed by atoms with Crippen molar-refractivity contribution in [1.82, 2.24) is 34.3 Å². The molecule has 1 aliphatic heterocycles. The van der Waals surface area contributed by atoms with Gasteiger partial charge in [-0.2, -0.15) is 15.5 Å². The van der Waals surface area contributed by atoms with E-state index in [2.05, 4.69) is 32.2 Å². The SMILES string of the molecule is C/C(=C/c1ccccn1)C(=O)N1CCN(c2ccc(-c3cc(-c4cnn(C)c4)cn4ncc(C#N)c34)cn2)CC1. The fourth-order valence-electron chi connectivity index (χ4n) is 5.02. The molecule has 0 unspecified atom stereocenters. The number of nitrogens with zero attached hydrogens (tertiary/aromatic N) is 9. The highest BCUT2D eigenvalue weighted by Gasteiger charge is 2.23. The van der Waals surface area contributed by atoms with Crippen LogP contribution in [-0.4, -0.2) is 66.3 Å². The molecule has 10 heteroatoms. The number of hydrogen-bond donors (Lipinski definition) is 0. The van der Waals surface area contributed by atoms with Crippen molar-refractivity contribution in [3.8, 4) is 28.3 Å². The lowest BCUT2D eigenvalue weighted by atomic mass is 10.0. The molecule has 40 heavy (non-hydrogen) atoms. The Hall–Kier alpha value is -5.30. The van der Waals surface area contributed by atoms with Gasteiger partial charge in [-0.15, -0.1) is 0 Å². The molecular formula is C30H27N9O. The van der Waals surface area contributed by atoms with Crippen LogP contribution in [0.5, 0.6) is 0 Å². The van der Waals surface area contributed by atoms with Crippen molar-refractivity contribution in [2.75, 3.05) is 31.1 Å². The van der Waals surface area contributed by atoms with Gasteiger partial charge in [0.15, 0.2) is 0 Å². The summed E-state index contributed by atoms with van der Waals surface area (Å²) in [4.78, 5) is 26.1. The van der Waals surface area contributed by atoms with E-state index in [-0.39, 0.29) is 5.91 Å². The van der Waals surface area contributed by atoms with Crippen LogP contribution in [0.4, 0.5) is 5.82 Å². The summed E-state index contributed by atoms with van der Waals surface area (Å²) in [5.74, 6) is 0.880. The third-order valence-corrected chi connectivity index (χ3v) is 7.11. The number of amides is 1. The number of pyridine rings is 3. The molecule has 5 aromatic rings. The lowest BCUT2D eigenvalue weighted by Gasteiger charge is -2.35. The number of carbonyl (C=O) groups is 1. The van der Waals surface area contributed by atoms with Gasteiger partial charge in [-0.1, -0.05) is 6.07 Å². The van der Waals surface area contributed by atoms with Crippen LogP contribution in [0.25, 0.3) is 33.8 Å². The van der Waals surface area contributed by atoms with E-state index in [1.54, 1.807) is 27.8 Å². The van der Waals surface area contributed by atoms with Crippen LogP contribution < -0.4 is 4.90 Å². The zero-order valence-electron chi connectivity index (χ0n) is 22.3. The molecule has 1 aliphatic rings. The van der Waals surface area contributed by atoms with Gasteiger partial charge in [0.05, 0.1) is 29.2 Å². The molecule has 1 saturated heterocycles. The standard InChI is InChI=1S/C30H27N9O/c1-21(13-26-5-3-4-8-32-26)30(40)38-11-9-37(10-12-38)28-7-6-22(16-33-28)27-14-23(25-18-34-36(2)19-25)20-39-29(27)24(15-31)17-35-39/h3-8,13-14,16-20H,9-12H2,1-2H3/b21-13-. The third-order valence-electron chi connectivity index (χ3n) is 7.11. The predicted octanol–water partition coefficient (Wildman–Crippen LogP) is 3.82. The topological polar surface area (TPSA) is 108 Å². The summed E-state index contributed by atoms with van der Waals surface area (Å²) >= 11 is 0. The number of nitriles is 1. The number of aryl methyl sites for hydroxylation is 1. The lowest BCUT2D eigenvalue weighted by molar-refractivity contribution is -0.127. The molecule has 0 bridgehead atoms. The number of piperazine rings is 1. The first-order valence-corrected chi connectivity index (χ1v) is 13.0. The highest BCUT2D eigenvalue weighted by Crippen LogP contribution is 2.32. The molecule has 1 amide bonds. The smallest absolute Gasteiger partial charge is 0.249 e.